The summed E-state index contributed by atoms with van der Waals surface area (Å²) in [6, 6.07) is 3.19. The fraction of sp³-hybridized carbons (Fsp3) is 0.600. The Kier molecular flexibility index (Phi) is 5.26. The summed E-state index contributed by atoms with van der Waals surface area (Å²) in [5.41, 5.74) is -0.585. The third-order valence-electron chi connectivity index (χ3n) is 3.28. The Hall–Kier alpha value is -1.37. The van der Waals surface area contributed by atoms with E-state index < -0.39 is 23.9 Å². The molecule has 5 nitrogen and oxygen atoms in total. The van der Waals surface area contributed by atoms with Crippen LogP contribution in [0.4, 0.5) is 15.0 Å². The van der Waals surface area contributed by atoms with Crippen molar-refractivity contribution < 1.29 is 13.9 Å². The molecule has 1 aromatic heterocycles. The predicted molar refractivity (Wildman–Crippen MR) is 86.8 cm³/mol. The Morgan fingerprint density at radius 2 is 2.23 bits per heavy atom. The molecule has 1 amide bonds. The molecule has 1 aromatic rings. The molecule has 2 rings (SSSR count). The lowest BCUT2D eigenvalue weighted by Crippen LogP contribution is -2.53. The second-order valence-electron chi connectivity index (χ2n) is 6.34. The Morgan fingerprint density at radius 3 is 2.77 bits per heavy atom. The molecule has 0 aliphatic carbocycles. The first-order chi connectivity index (χ1) is 10.2. The number of alkyl halides is 1. The van der Waals surface area contributed by atoms with E-state index in [1.54, 1.807) is 27.0 Å². The molecule has 1 aliphatic rings. The van der Waals surface area contributed by atoms with Gasteiger partial charge in [-0.25, -0.2) is 14.2 Å². The number of halogens is 2. The fourth-order valence-corrected chi connectivity index (χ4v) is 2.52. The number of carbonyl (C=O) groups is 1. The van der Waals surface area contributed by atoms with Gasteiger partial charge in [0.1, 0.15) is 17.6 Å². The zero-order valence-electron chi connectivity index (χ0n) is 13.0. The summed E-state index contributed by atoms with van der Waals surface area (Å²) in [6.07, 6.45) is 0.466. The van der Waals surface area contributed by atoms with E-state index in [1.165, 1.54) is 0 Å². The summed E-state index contributed by atoms with van der Waals surface area (Å²) < 4.78 is 20.4. The molecular formula is C15H21BrFN3O2. The molecule has 1 N–H and O–H groups in total. The van der Waals surface area contributed by atoms with Gasteiger partial charge in [-0.3, -0.25) is 0 Å². The zero-order chi connectivity index (χ0) is 16.3. The van der Waals surface area contributed by atoms with Crippen molar-refractivity contribution in [3.63, 3.8) is 0 Å². The van der Waals surface area contributed by atoms with Crippen LogP contribution in [0.25, 0.3) is 0 Å². The van der Waals surface area contributed by atoms with E-state index in [4.69, 9.17) is 4.74 Å². The average Bonchev–Trinajstić information content (AvgIpc) is 2.40. The SMILES string of the molecule is CC(C)(C)OC(=O)N[C@@H]1CCN(c2ccc(Br)cn2)CC1F. The van der Waals surface area contributed by atoms with E-state index in [2.05, 4.69) is 26.2 Å². The van der Waals surface area contributed by atoms with Gasteiger partial charge in [-0.2, -0.15) is 0 Å². The van der Waals surface area contributed by atoms with Crippen LogP contribution in [-0.4, -0.2) is 42.0 Å². The van der Waals surface area contributed by atoms with Crippen LogP contribution in [0.3, 0.4) is 0 Å². The highest BCUT2D eigenvalue weighted by molar-refractivity contribution is 9.10. The van der Waals surface area contributed by atoms with Gasteiger partial charge in [0.25, 0.3) is 0 Å². The number of nitrogens with one attached hydrogen (secondary N) is 1. The number of piperidine rings is 1. The molecule has 122 valence electrons. The minimum atomic E-state index is -1.16. The minimum absolute atomic E-state index is 0.203. The maximum atomic E-state index is 14.3. The molecule has 1 fully saturated rings. The van der Waals surface area contributed by atoms with Crippen molar-refractivity contribution in [1.82, 2.24) is 10.3 Å². The van der Waals surface area contributed by atoms with Crippen molar-refractivity contribution in [2.45, 2.75) is 45.0 Å². The average molecular weight is 374 g/mol. The largest absolute Gasteiger partial charge is 0.444 e. The lowest BCUT2D eigenvalue weighted by Gasteiger charge is -2.36. The van der Waals surface area contributed by atoms with E-state index in [0.717, 1.165) is 10.3 Å². The maximum Gasteiger partial charge on any atom is 0.407 e. The first-order valence-corrected chi connectivity index (χ1v) is 8.04. The molecule has 0 bridgehead atoms. The minimum Gasteiger partial charge on any atom is -0.444 e. The molecule has 2 heterocycles. The quantitative estimate of drug-likeness (QED) is 0.863. The van der Waals surface area contributed by atoms with Crippen LogP contribution < -0.4 is 10.2 Å². The van der Waals surface area contributed by atoms with Crippen molar-refractivity contribution in [3.05, 3.63) is 22.8 Å². The van der Waals surface area contributed by atoms with Crippen LogP contribution in [0, 0.1) is 0 Å². The Bertz CT molecular complexity index is 519. The van der Waals surface area contributed by atoms with Gasteiger partial charge in [-0.1, -0.05) is 0 Å². The third kappa shape index (κ3) is 4.83. The van der Waals surface area contributed by atoms with Crippen molar-refractivity contribution in [2.24, 2.45) is 0 Å². The number of alkyl carbamates (subject to hydrolysis) is 1. The number of amides is 1. The second kappa shape index (κ2) is 6.81. The number of nitrogens with zero attached hydrogens (tertiary/aromatic N) is 2. The Balaban J connectivity index is 1.90. The number of hydrogen-bond donors (Lipinski definition) is 1. The van der Waals surface area contributed by atoms with Gasteiger partial charge < -0.3 is 15.0 Å². The molecule has 0 spiro atoms. The van der Waals surface area contributed by atoms with Crippen molar-refractivity contribution in [1.29, 1.82) is 0 Å². The second-order valence-corrected chi connectivity index (χ2v) is 7.25. The Labute approximate surface area is 138 Å². The molecule has 2 atom stereocenters. The first-order valence-electron chi connectivity index (χ1n) is 7.25. The van der Waals surface area contributed by atoms with Gasteiger partial charge in [0.05, 0.1) is 12.6 Å². The lowest BCUT2D eigenvalue weighted by molar-refractivity contribution is 0.0463. The molecule has 0 saturated carbocycles. The van der Waals surface area contributed by atoms with Gasteiger partial charge >= 0.3 is 6.09 Å². The standard InChI is InChI=1S/C15H21BrFN3O2/c1-15(2,3)22-14(21)19-12-6-7-20(9-11(12)17)13-5-4-10(16)8-18-13/h4-5,8,11-12H,6-7,9H2,1-3H3,(H,19,21)/t11?,12-/m1/s1. The highest BCUT2D eigenvalue weighted by Crippen LogP contribution is 2.21. The summed E-state index contributed by atoms with van der Waals surface area (Å²) in [5, 5.41) is 2.62. The van der Waals surface area contributed by atoms with Crippen molar-refractivity contribution >= 4 is 27.8 Å². The molecule has 0 radical (unpaired) electrons. The highest BCUT2D eigenvalue weighted by Gasteiger charge is 2.32. The van der Waals surface area contributed by atoms with E-state index in [0.29, 0.717) is 13.0 Å². The van der Waals surface area contributed by atoms with Gasteiger partial charge in [0, 0.05) is 17.2 Å². The Morgan fingerprint density at radius 1 is 1.50 bits per heavy atom. The summed E-state index contributed by atoms with van der Waals surface area (Å²) in [6.45, 7) is 6.18. The topological polar surface area (TPSA) is 54.5 Å². The summed E-state index contributed by atoms with van der Waals surface area (Å²) in [5.74, 6) is 0.738. The summed E-state index contributed by atoms with van der Waals surface area (Å²) in [4.78, 5) is 17.9. The van der Waals surface area contributed by atoms with E-state index in [-0.39, 0.29) is 6.54 Å². The van der Waals surface area contributed by atoms with E-state index >= 15 is 0 Å². The predicted octanol–water partition coefficient (Wildman–Crippen LogP) is 3.29. The van der Waals surface area contributed by atoms with Crippen LogP contribution in [0.15, 0.2) is 22.8 Å². The zero-order valence-corrected chi connectivity index (χ0v) is 14.6. The number of aromatic nitrogens is 1. The smallest absolute Gasteiger partial charge is 0.407 e. The molecule has 1 unspecified atom stereocenters. The van der Waals surface area contributed by atoms with Crippen LogP contribution >= 0.6 is 15.9 Å². The van der Waals surface area contributed by atoms with Crippen molar-refractivity contribution in [2.75, 3.05) is 18.0 Å². The van der Waals surface area contributed by atoms with Crippen molar-refractivity contribution in [3.8, 4) is 0 Å². The van der Waals surface area contributed by atoms with E-state index in [9.17, 15) is 9.18 Å². The molecule has 1 saturated heterocycles. The number of pyridine rings is 1. The number of hydrogen-bond acceptors (Lipinski definition) is 4. The van der Waals surface area contributed by atoms with Gasteiger partial charge in [0.2, 0.25) is 0 Å². The monoisotopic (exact) mass is 373 g/mol. The van der Waals surface area contributed by atoms with Gasteiger partial charge in [-0.15, -0.1) is 0 Å². The molecule has 0 aromatic carbocycles. The lowest BCUT2D eigenvalue weighted by atomic mass is 10.0. The first kappa shape index (κ1) is 17.0. The van der Waals surface area contributed by atoms with Crippen LogP contribution in [0.1, 0.15) is 27.2 Å². The normalized spacial score (nSPS) is 22.3. The number of rotatable bonds is 2. The number of ether oxygens (including phenoxy) is 1. The molecule has 22 heavy (non-hydrogen) atoms. The molecule has 7 heteroatoms. The summed E-state index contributed by atoms with van der Waals surface area (Å²) >= 11 is 3.33. The van der Waals surface area contributed by atoms with Gasteiger partial charge in [0.15, 0.2) is 0 Å². The maximum absolute atomic E-state index is 14.3. The van der Waals surface area contributed by atoms with Gasteiger partial charge in [-0.05, 0) is 55.3 Å². The van der Waals surface area contributed by atoms with E-state index in [1.807, 2.05) is 17.0 Å². The number of anilines is 1. The summed E-state index contributed by atoms with van der Waals surface area (Å²) in [7, 11) is 0. The van der Waals surface area contributed by atoms with Crippen LogP contribution in [-0.2, 0) is 4.74 Å². The molecule has 1 aliphatic heterocycles. The number of carbonyl (C=O) groups excluding carboxylic acids is 1. The third-order valence-corrected chi connectivity index (χ3v) is 3.75. The van der Waals surface area contributed by atoms with Crippen LogP contribution in [0.5, 0.6) is 0 Å². The van der Waals surface area contributed by atoms with Crippen LogP contribution in [0.2, 0.25) is 0 Å². The fourth-order valence-electron chi connectivity index (χ4n) is 2.29. The molecular weight excluding hydrogens is 353 g/mol. The highest BCUT2D eigenvalue weighted by atomic mass is 79.9.